The van der Waals surface area contributed by atoms with Crippen molar-refractivity contribution in [3.63, 3.8) is 0 Å². The maximum absolute atomic E-state index is 13.9. The van der Waals surface area contributed by atoms with Gasteiger partial charge < -0.3 is 15.3 Å². The van der Waals surface area contributed by atoms with E-state index in [0.29, 0.717) is 27.0 Å². The summed E-state index contributed by atoms with van der Waals surface area (Å²) < 4.78 is 0. The van der Waals surface area contributed by atoms with Gasteiger partial charge in [-0.05, 0) is 60.0 Å². The number of carbonyl (C=O) groups excluding carboxylic acids is 2. The van der Waals surface area contributed by atoms with Crippen LogP contribution in [-0.4, -0.2) is 41.0 Å². The molecule has 1 atom stereocenters. The van der Waals surface area contributed by atoms with Gasteiger partial charge in [0.25, 0.3) is 0 Å². The van der Waals surface area contributed by atoms with Crippen molar-refractivity contribution in [1.82, 2.24) is 4.90 Å². The number of carboxylic acid groups (broad SMARTS) is 1. The van der Waals surface area contributed by atoms with Gasteiger partial charge in [-0.2, -0.15) is 0 Å². The van der Waals surface area contributed by atoms with Crippen LogP contribution in [0.5, 0.6) is 0 Å². The van der Waals surface area contributed by atoms with E-state index in [1.165, 1.54) is 0 Å². The Hall–Kier alpha value is -4.33. The summed E-state index contributed by atoms with van der Waals surface area (Å²) in [5.74, 6) is -1.39. The lowest BCUT2D eigenvalue weighted by atomic mass is 9.78. The number of rotatable bonds is 9. The standard InChI is InChI=1S/C34H31Cl2N3O4/c1-23-10-14-29(15-11-23)39-22-34(19-32(41)42,21-38(33(39)43)20-26-12-13-27(35)17-30(26)36)18-31(40)37-28-9-5-8-25(16-28)24-6-3-2-4-7-24/h2-17H,18-22H2,1H3,(H,37,40)(H,41,42). The molecule has 0 spiro atoms. The molecular formula is C34H31Cl2N3O4. The minimum atomic E-state index is -1.09. The molecule has 4 aromatic carbocycles. The third kappa shape index (κ3) is 7.37. The van der Waals surface area contributed by atoms with Crippen LogP contribution in [-0.2, 0) is 16.1 Å². The molecule has 7 nitrogen and oxygen atoms in total. The van der Waals surface area contributed by atoms with Gasteiger partial charge in [-0.1, -0.05) is 89.4 Å². The summed E-state index contributed by atoms with van der Waals surface area (Å²) in [4.78, 5) is 42.8. The third-order valence-electron chi connectivity index (χ3n) is 7.56. The Balaban J connectivity index is 1.46. The van der Waals surface area contributed by atoms with E-state index >= 15 is 0 Å². The molecule has 4 aromatic rings. The first-order chi connectivity index (χ1) is 20.6. The van der Waals surface area contributed by atoms with Crippen molar-refractivity contribution in [3.8, 4) is 11.1 Å². The monoisotopic (exact) mass is 615 g/mol. The van der Waals surface area contributed by atoms with Crippen LogP contribution in [0.15, 0.2) is 97.1 Å². The van der Waals surface area contributed by atoms with Gasteiger partial charge in [-0.15, -0.1) is 0 Å². The number of halogens is 2. The Morgan fingerprint density at radius 3 is 2.28 bits per heavy atom. The van der Waals surface area contributed by atoms with Crippen LogP contribution in [0.2, 0.25) is 10.0 Å². The Kier molecular flexibility index (Phi) is 9.04. The number of nitrogens with one attached hydrogen (secondary N) is 1. The minimum Gasteiger partial charge on any atom is -0.481 e. The molecule has 0 aromatic heterocycles. The van der Waals surface area contributed by atoms with Crippen molar-refractivity contribution >= 4 is 52.5 Å². The third-order valence-corrected chi connectivity index (χ3v) is 8.15. The molecule has 1 aliphatic heterocycles. The summed E-state index contributed by atoms with van der Waals surface area (Å²) >= 11 is 12.6. The van der Waals surface area contributed by atoms with E-state index < -0.39 is 11.4 Å². The number of nitrogens with zero attached hydrogens (tertiary/aromatic N) is 2. The maximum atomic E-state index is 13.9. The van der Waals surface area contributed by atoms with Gasteiger partial charge in [0.15, 0.2) is 0 Å². The van der Waals surface area contributed by atoms with Crippen LogP contribution in [0.25, 0.3) is 11.1 Å². The van der Waals surface area contributed by atoms with Gasteiger partial charge in [0, 0.05) is 52.9 Å². The highest BCUT2D eigenvalue weighted by Crippen LogP contribution is 2.38. The molecular weight excluding hydrogens is 585 g/mol. The number of benzene rings is 4. The van der Waals surface area contributed by atoms with E-state index in [1.54, 1.807) is 34.1 Å². The number of anilines is 2. The van der Waals surface area contributed by atoms with E-state index in [1.807, 2.05) is 79.7 Å². The predicted octanol–water partition coefficient (Wildman–Crippen LogP) is 7.90. The first-order valence-electron chi connectivity index (χ1n) is 13.8. The number of urea groups is 1. The second-order valence-electron chi connectivity index (χ2n) is 11.0. The Labute approximate surface area is 260 Å². The van der Waals surface area contributed by atoms with E-state index in [9.17, 15) is 19.5 Å². The van der Waals surface area contributed by atoms with E-state index in [2.05, 4.69) is 5.32 Å². The largest absolute Gasteiger partial charge is 0.481 e. The number of amides is 3. The molecule has 1 saturated heterocycles. The lowest BCUT2D eigenvalue weighted by molar-refractivity contribution is -0.140. The van der Waals surface area contributed by atoms with E-state index in [4.69, 9.17) is 23.2 Å². The molecule has 220 valence electrons. The van der Waals surface area contributed by atoms with Gasteiger partial charge in [0.1, 0.15) is 0 Å². The molecule has 0 bridgehead atoms. The molecule has 1 heterocycles. The van der Waals surface area contributed by atoms with Gasteiger partial charge >= 0.3 is 12.0 Å². The van der Waals surface area contributed by atoms with Crippen molar-refractivity contribution in [3.05, 3.63) is 118 Å². The summed E-state index contributed by atoms with van der Waals surface area (Å²) in [6, 6.07) is 29.5. The fraction of sp³-hybridized carbons (Fsp3) is 0.206. The van der Waals surface area contributed by atoms with Gasteiger partial charge in [-0.3, -0.25) is 14.5 Å². The van der Waals surface area contributed by atoms with Crippen LogP contribution < -0.4 is 10.2 Å². The molecule has 1 unspecified atom stereocenters. The topological polar surface area (TPSA) is 89.9 Å². The van der Waals surface area contributed by atoms with E-state index in [0.717, 1.165) is 16.7 Å². The molecule has 9 heteroatoms. The first kappa shape index (κ1) is 30.1. The molecule has 0 saturated carbocycles. The van der Waals surface area contributed by atoms with Crippen molar-refractivity contribution in [2.45, 2.75) is 26.3 Å². The smallest absolute Gasteiger partial charge is 0.324 e. The first-order valence-corrected chi connectivity index (χ1v) is 14.6. The number of aliphatic carboxylic acids is 1. The number of carboxylic acids is 1. The lowest BCUT2D eigenvalue weighted by Gasteiger charge is -2.47. The summed E-state index contributed by atoms with van der Waals surface area (Å²) in [7, 11) is 0. The van der Waals surface area contributed by atoms with Crippen molar-refractivity contribution in [2.24, 2.45) is 5.41 Å². The summed E-state index contributed by atoms with van der Waals surface area (Å²) in [5.41, 5.74) is 3.76. The molecule has 1 fully saturated rings. The second-order valence-corrected chi connectivity index (χ2v) is 11.9. The average Bonchev–Trinajstić information content (AvgIpc) is 2.97. The lowest BCUT2D eigenvalue weighted by Crippen LogP contribution is -2.59. The number of aryl methyl sites for hydroxylation is 1. The predicted molar refractivity (Wildman–Crippen MR) is 171 cm³/mol. The van der Waals surface area contributed by atoms with Crippen molar-refractivity contribution in [1.29, 1.82) is 0 Å². The number of carbonyl (C=O) groups is 3. The molecule has 2 N–H and O–H groups in total. The average molecular weight is 617 g/mol. The highest BCUT2D eigenvalue weighted by Gasteiger charge is 2.46. The molecule has 5 rings (SSSR count). The zero-order valence-electron chi connectivity index (χ0n) is 23.6. The van der Waals surface area contributed by atoms with Gasteiger partial charge in [0.05, 0.1) is 6.42 Å². The highest BCUT2D eigenvalue weighted by atomic mass is 35.5. The van der Waals surface area contributed by atoms with Crippen molar-refractivity contribution in [2.75, 3.05) is 23.3 Å². The minimum absolute atomic E-state index is 0.0525. The number of hydrogen-bond acceptors (Lipinski definition) is 3. The molecule has 1 aliphatic rings. The van der Waals surface area contributed by atoms with Gasteiger partial charge in [0.2, 0.25) is 5.91 Å². The zero-order chi connectivity index (χ0) is 30.6. The van der Waals surface area contributed by atoms with Crippen molar-refractivity contribution < 1.29 is 19.5 Å². The summed E-state index contributed by atoms with van der Waals surface area (Å²) in [6.07, 6.45) is -0.430. The molecule has 0 aliphatic carbocycles. The summed E-state index contributed by atoms with van der Waals surface area (Å²) in [5, 5.41) is 13.8. The Morgan fingerprint density at radius 1 is 0.860 bits per heavy atom. The van der Waals surface area contributed by atoms with Crippen LogP contribution in [0.4, 0.5) is 16.2 Å². The summed E-state index contributed by atoms with van der Waals surface area (Å²) in [6.45, 7) is 2.18. The van der Waals surface area contributed by atoms with Gasteiger partial charge in [-0.25, -0.2) is 4.79 Å². The molecule has 3 amide bonds. The zero-order valence-corrected chi connectivity index (χ0v) is 25.1. The van der Waals surface area contributed by atoms with Crippen LogP contribution in [0.1, 0.15) is 24.0 Å². The fourth-order valence-electron chi connectivity index (χ4n) is 5.56. The quantitative estimate of drug-likeness (QED) is 0.200. The van der Waals surface area contributed by atoms with Crippen LogP contribution in [0.3, 0.4) is 0 Å². The normalized spacial score (nSPS) is 16.7. The highest BCUT2D eigenvalue weighted by molar-refractivity contribution is 6.35. The maximum Gasteiger partial charge on any atom is 0.324 e. The molecule has 0 radical (unpaired) electrons. The second kappa shape index (κ2) is 12.9. The molecule has 43 heavy (non-hydrogen) atoms. The Bertz CT molecular complexity index is 1650. The Morgan fingerprint density at radius 2 is 1.58 bits per heavy atom. The van der Waals surface area contributed by atoms with Crippen LogP contribution in [0, 0.1) is 12.3 Å². The van der Waals surface area contributed by atoms with Crippen LogP contribution >= 0.6 is 23.2 Å². The number of hydrogen-bond donors (Lipinski definition) is 2. The van der Waals surface area contributed by atoms with E-state index in [-0.39, 0.29) is 44.4 Å². The fourth-order valence-corrected chi connectivity index (χ4v) is 6.03. The SMILES string of the molecule is Cc1ccc(N2CC(CC(=O)O)(CC(=O)Nc3cccc(-c4ccccc4)c3)CN(Cc3ccc(Cl)cc3Cl)C2=O)cc1.